The molecule has 0 atom stereocenters. The van der Waals surface area contributed by atoms with Crippen LogP contribution in [0.15, 0.2) is 33.5 Å². The molecule has 0 bridgehead atoms. The van der Waals surface area contributed by atoms with E-state index in [1.807, 2.05) is 6.07 Å². The van der Waals surface area contributed by atoms with Crippen molar-refractivity contribution in [3.63, 3.8) is 0 Å². The smallest absolute Gasteiger partial charge is 0.143 e. The van der Waals surface area contributed by atoms with Crippen LogP contribution in [-0.2, 0) is 6.54 Å². The van der Waals surface area contributed by atoms with E-state index in [-0.39, 0.29) is 12.4 Å². The molecule has 0 saturated heterocycles. The zero-order valence-corrected chi connectivity index (χ0v) is 15.5. The van der Waals surface area contributed by atoms with Crippen molar-refractivity contribution in [3.8, 4) is 0 Å². The minimum Gasteiger partial charge on any atom is -0.397 e. The second-order valence-electron chi connectivity index (χ2n) is 3.36. The maximum absolute atomic E-state index is 5.64. The molecule has 0 aromatic carbocycles. The van der Waals surface area contributed by atoms with Crippen LogP contribution in [0.1, 0.15) is 5.56 Å². The van der Waals surface area contributed by atoms with Gasteiger partial charge >= 0.3 is 0 Å². The van der Waals surface area contributed by atoms with E-state index in [0.29, 0.717) is 22.5 Å². The zero-order valence-electron chi connectivity index (χ0n) is 9.99. The number of hydrogen-bond acceptors (Lipinski definition) is 4. The van der Waals surface area contributed by atoms with E-state index < -0.39 is 0 Å². The third kappa shape index (κ3) is 6.56. The van der Waals surface area contributed by atoms with E-state index in [1.54, 1.807) is 12.3 Å². The lowest BCUT2D eigenvalue weighted by atomic mass is 10.3. The van der Waals surface area contributed by atoms with Crippen LogP contribution in [0.4, 0.5) is 5.69 Å². The van der Waals surface area contributed by atoms with Crippen LogP contribution in [0.5, 0.6) is 0 Å². The molecule has 9 heteroatoms. The summed E-state index contributed by atoms with van der Waals surface area (Å²) in [5.41, 5.74) is 12.3. The minimum atomic E-state index is 0. The van der Waals surface area contributed by atoms with Gasteiger partial charge in [0.2, 0.25) is 0 Å². The predicted octanol–water partition coefficient (Wildman–Crippen LogP) is 4.46. The molecule has 0 amide bonds. The fraction of sp³-hybridized carbons (Fsp3) is 0.0909. The Kier molecular flexibility index (Phi) is 9.71. The molecule has 0 aliphatic rings. The van der Waals surface area contributed by atoms with Gasteiger partial charge in [0.15, 0.2) is 0 Å². The molecule has 0 radical (unpaired) electrons. The zero-order chi connectivity index (χ0) is 14.4. The molecular weight excluding hydrogens is 454 g/mol. The van der Waals surface area contributed by atoms with Crippen molar-refractivity contribution in [2.75, 3.05) is 5.73 Å². The van der Waals surface area contributed by atoms with E-state index in [9.17, 15) is 0 Å². The first-order valence-corrected chi connectivity index (χ1v) is 7.34. The molecule has 4 nitrogen and oxygen atoms in total. The van der Waals surface area contributed by atoms with E-state index in [1.165, 1.54) is 6.20 Å². The lowest BCUT2D eigenvalue weighted by molar-refractivity contribution is 1.04. The van der Waals surface area contributed by atoms with Crippen LogP contribution < -0.4 is 11.5 Å². The molecule has 2 aromatic heterocycles. The van der Waals surface area contributed by atoms with Crippen molar-refractivity contribution < 1.29 is 0 Å². The maximum Gasteiger partial charge on any atom is 0.143 e. The number of rotatable bonds is 1. The molecule has 0 fully saturated rings. The average Bonchev–Trinajstić information content (AvgIpc) is 2.38. The highest BCUT2D eigenvalue weighted by atomic mass is 79.9. The normalized spacial score (nSPS) is 9.25. The Hall–Kier alpha value is -0.110. The van der Waals surface area contributed by atoms with E-state index in [4.69, 9.17) is 34.7 Å². The fourth-order valence-electron chi connectivity index (χ4n) is 1.01. The van der Waals surface area contributed by atoms with Crippen LogP contribution in [-0.4, -0.2) is 9.97 Å². The Morgan fingerprint density at radius 2 is 1.50 bits per heavy atom. The quantitative estimate of drug-likeness (QED) is 0.610. The van der Waals surface area contributed by atoms with Crippen molar-refractivity contribution in [3.05, 3.63) is 49.3 Å². The first-order chi connectivity index (χ1) is 8.93. The van der Waals surface area contributed by atoms with Gasteiger partial charge in [0.05, 0.1) is 20.8 Å². The van der Waals surface area contributed by atoms with Gasteiger partial charge < -0.3 is 11.5 Å². The Labute approximate surface area is 149 Å². The average molecular weight is 465 g/mol. The molecule has 0 aliphatic carbocycles. The summed E-state index contributed by atoms with van der Waals surface area (Å²) >= 11 is 17.6. The largest absolute Gasteiger partial charge is 0.397 e. The summed E-state index contributed by atoms with van der Waals surface area (Å²) in [5, 5.41) is 0.904. The summed E-state index contributed by atoms with van der Waals surface area (Å²) in [6, 6.07) is 3.56. The molecule has 0 unspecified atom stereocenters. The summed E-state index contributed by atoms with van der Waals surface area (Å²) in [6.45, 7) is 0.489. The first kappa shape index (κ1) is 19.9. The molecule has 2 aromatic rings. The van der Waals surface area contributed by atoms with Crippen molar-refractivity contribution in [1.82, 2.24) is 9.97 Å². The van der Waals surface area contributed by atoms with Crippen molar-refractivity contribution in [2.45, 2.75) is 6.54 Å². The van der Waals surface area contributed by atoms with E-state index in [0.717, 1.165) is 14.5 Å². The number of hydrogen-bond donors (Lipinski definition) is 2. The summed E-state index contributed by atoms with van der Waals surface area (Å²) in [6.07, 6.45) is 3.17. The number of nitrogens with two attached hydrogens (primary N) is 2. The second-order valence-corrected chi connectivity index (χ2v) is 5.79. The third-order valence-corrected chi connectivity index (χ3v) is 4.17. The van der Waals surface area contributed by atoms with Gasteiger partial charge in [-0.3, -0.25) is 0 Å². The summed E-state index contributed by atoms with van der Waals surface area (Å²) in [5.74, 6) is 0. The molecule has 4 N–H and O–H groups in total. The number of nitrogen functional groups attached to an aromatic ring is 1. The van der Waals surface area contributed by atoms with Crippen LogP contribution in [0.3, 0.4) is 0 Å². The van der Waals surface area contributed by atoms with Gasteiger partial charge in [-0.25, -0.2) is 9.97 Å². The molecule has 110 valence electrons. The van der Waals surface area contributed by atoms with Gasteiger partial charge in [0, 0.05) is 12.7 Å². The molecule has 0 saturated carbocycles. The first-order valence-electron chi connectivity index (χ1n) is 5.00. The lowest BCUT2D eigenvalue weighted by Crippen LogP contribution is -1.96. The molecule has 2 rings (SSSR count). The molecular formula is C11H11Br2Cl3N4. The fourth-order valence-corrected chi connectivity index (χ4v) is 1.98. The van der Waals surface area contributed by atoms with Crippen LogP contribution >= 0.6 is 67.5 Å². The highest BCUT2D eigenvalue weighted by molar-refractivity contribution is 9.10. The lowest BCUT2D eigenvalue weighted by Gasteiger charge is -1.97. The highest BCUT2D eigenvalue weighted by Crippen LogP contribution is 2.21. The molecule has 0 spiro atoms. The van der Waals surface area contributed by atoms with Crippen molar-refractivity contribution >= 4 is 73.2 Å². The number of aromatic nitrogens is 2. The van der Waals surface area contributed by atoms with Crippen LogP contribution in [0.2, 0.25) is 10.3 Å². The summed E-state index contributed by atoms with van der Waals surface area (Å²) in [4.78, 5) is 7.66. The van der Waals surface area contributed by atoms with Crippen molar-refractivity contribution in [1.29, 1.82) is 0 Å². The van der Waals surface area contributed by atoms with Gasteiger partial charge in [-0.05, 0) is 49.6 Å². The summed E-state index contributed by atoms with van der Waals surface area (Å²) < 4.78 is 1.52. The van der Waals surface area contributed by atoms with Gasteiger partial charge in [0.1, 0.15) is 10.3 Å². The molecule has 20 heavy (non-hydrogen) atoms. The molecule has 2 heterocycles. The highest BCUT2D eigenvalue weighted by Gasteiger charge is 1.97. The van der Waals surface area contributed by atoms with Gasteiger partial charge in [-0.2, -0.15) is 0 Å². The van der Waals surface area contributed by atoms with Gasteiger partial charge in [0.25, 0.3) is 0 Å². The number of pyridine rings is 2. The Morgan fingerprint density at radius 3 is 1.90 bits per heavy atom. The third-order valence-electron chi connectivity index (χ3n) is 1.91. The number of anilines is 1. The summed E-state index contributed by atoms with van der Waals surface area (Å²) in [7, 11) is 0. The van der Waals surface area contributed by atoms with Gasteiger partial charge in [-0.1, -0.05) is 23.2 Å². The second kappa shape index (κ2) is 9.76. The standard InChI is InChI=1S/C6H6BrClN2.C5H4BrClN2.ClH/c7-5-1-4(2-9)3-10-6(5)8;6-4-1-3(8)2-9-5(4)7;/h1,3H,2,9H2;1-2H,8H2;1H. The Bertz CT molecular complexity index is 569. The van der Waals surface area contributed by atoms with Crippen molar-refractivity contribution in [2.24, 2.45) is 5.73 Å². The topological polar surface area (TPSA) is 77.8 Å². The number of halogens is 5. The predicted molar refractivity (Wildman–Crippen MR) is 93.4 cm³/mol. The Morgan fingerprint density at radius 1 is 1.00 bits per heavy atom. The minimum absolute atomic E-state index is 0. The molecule has 0 aliphatic heterocycles. The Balaban J connectivity index is 0.000000345. The van der Waals surface area contributed by atoms with E-state index in [2.05, 4.69) is 41.8 Å². The van der Waals surface area contributed by atoms with Gasteiger partial charge in [-0.15, -0.1) is 12.4 Å². The monoisotopic (exact) mass is 462 g/mol. The van der Waals surface area contributed by atoms with Crippen LogP contribution in [0, 0.1) is 0 Å². The van der Waals surface area contributed by atoms with E-state index >= 15 is 0 Å². The van der Waals surface area contributed by atoms with Crippen LogP contribution in [0.25, 0.3) is 0 Å². The maximum atomic E-state index is 5.64. The number of nitrogens with zero attached hydrogens (tertiary/aromatic N) is 2. The SMILES string of the molecule is Cl.NCc1cnc(Cl)c(Br)c1.Nc1cnc(Cl)c(Br)c1.